The third-order valence-electron chi connectivity index (χ3n) is 4.34. The normalized spacial score (nSPS) is 36.2. The van der Waals surface area contributed by atoms with Crippen LogP contribution in [0.4, 0.5) is 0 Å². The van der Waals surface area contributed by atoms with E-state index >= 15 is 0 Å². The van der Waals surface area contributed by atoms with Crippen LogP contribution in [0.1, 0.15) is 51.9 Å². The SMILES string of the molecule is CC1CC(N)CCN1CC1(O)CCCCC1. The Hall–Kier alpha value is -0.120. The molecule has 1 saturated heterocycles. The Balaban J connectivity index is 1.88. The molecule has 3 N–H and O–H groups in total. The van der Waals surface area contributed by atoms with E-state index in [1.807, 2.05) is 0 Å². The maximum atomic E-state index is 10.5. The van der Waals surface area contributed by atoms with Crippen molar-refractivity contribution in [3.63, 3.8) is 0 Å². The molecule has 2 unspecified atom stereocenters. The molecule has 2 fully saturated rings. The first-order valence-electron chi connectivity index (χ1n) is 6.81. The van der Waals surface area contributed by atoms with Gasteiger partial charge in [0.15, 0.2) is 0 Å². The fourth-order valence-electron chi connectivity index (χ4n) is 3.24. The Morgan fingerprint density at radius 2 is 2.00 bits per heavy atom. The third kappa shape index (κ3) is 2.96. The Kier molecular flexibility index (Phi) is 3.88. The van der Waals surface area contributed by atoms with E-state index in [4.69, 9.17) is 5.73 Å². The molecule has 0 amide bonds. The van der Waals surface area contributed by atoms with E-state index < -0.39 is 5.60 Å². The summed E-state index contributed by atoms with van der Waals surface area (Å²) in [6.45, 7) is 4.16. The van der Waals surface area contributed by atoms with E-state index in [0.29, 0.717) is 12.1 Å². The van der Waals surface area contributed by atoms with Crippen molar-refractivity contribution in [3.8, 4) is 0 Å². The highest BCUT2D eigenvalue weighted by Gasteiger charge is 2.34. The predicted molar refractivity (Wildman–Crippen MR) is 66.3 cm³/mol. The molecular formula is C13H26N2O. The maximum absolute atomic E-state index is 10.5. The first-order valence-corrected chi connectivity index (χ1v) is 6.81. The van der Waals surface area contributed by atoms with Gasteiger partial charge in [0.25, 0.3) is 0 Å². The van der Waals surface area contributed by atoms with E-state index in [1.165, 1.54) is 19.3 Å². The van der Waals surface area contributed by atoms with Gasteiger partial charge in [-0.05, 0) is 32.6 Å². The molecule has 3 nitrogen and oxygen atoms in total. The molecule has 0 aromatic carbocycles. The Morgan fingerprint density at radius 3 is 2.62 bits per heavy atom. The number of β-amino-alcohol motifs (C(OH)–C–C–N with tert-alkyl or cyclic N) is 1. The lowest BCUT2D eigenvalue weighted by Gasteiger charge is -2.42. The molecule has 0 bridgehead atoms. The Bertz CT molecular complexity index is 226. The molecule has 0 radical (unpaired) electrons. The number of nitrogens with two attached hydrogens (primary N) is 1. The molecule has 2 aliphatic rings. The molecule has 2 rings (SSSR count). The first-order chi connectivity index (χ1) is 7.59. The topological polar surface area (TPSA) is 49.5 Å². The summed E-state index contributed by atoms with van der Waals surface area (Å²) in [7, 11) is 0. The number of hydrogen-bond donors (Lipinski definition) is 2. The second-order valence-electron chi connectivity index (χ2n) is 5.89. The molecule has 1 aliphatic heterocycles. The molecule has 0 spiro atoms. The standard InChI is InChI=1S/C13H26N2O/c1-11-9-12(14)5-8-15(11)10-13(16)6-3-2-4-7-13/h11-12,16H,2-10,14H2,1H3. The smallest absolute Gasteiger partial charge is 0.0774 e. The fraction of sp³-hybridized carbons (Fsp3) is 1.00. The second-order valence-corrected chi connectivity index (χ2v) is 5.89. The maximum Gasteiger partial charge on any atom is 0.0774 e. The minimum Gasteiger partial charge on any atom is -0.389 e. The quantitative estimate of drug-likeness (QED) is 0.750. The summed E-state index contributed by atoms with van der Waals surface area (Å²) in [5.74, 6) is 0. The molecule has 2 atom stereocenters. The van der Waals surface area contributed by atoms with Gasteiger partial charge < -0.3 is 10.8 Å². The van der Waals surface area contributed by atoms with Gasteiger partial charge in [0, 0.05) is 25.2 Å². The van der Waals surface area contributed by atoms with E-state index in [2.05, 4.69) is 11.8 Å². The van der Waals surface area contributed by atoms with E-state index in [1.54, 1.807) is 0 Å². The Labute approximate surface area is 99.0 Å². The van der Waals surface area contributed by atoms with Crippen molar-refractivity contribution in [1.82, 2.24) is 4.90 Å². The molecule has 3 heteroatoms. The lowest BCUT2D eigenvalue weighted by molar-refractivity contribution is -0.0412. The zero-order valence-electron chi connectivity index (χ0n) is 10.5. The van der Waals surface area contributed by atoms with E-state index in [0.717, 1.165) is 38.8 Å². The molecule has 0 aromatic heterocycles. The van der Waals surface area contributed by atoms with Crippen LogP contribution in [0.15, 0.2) is 0 Å². The highest BCUT2D eigenvalue weighted by molar-refractivity contribution is 4.90. The summed E-state index contributed by atoms with van der Waals surface area (Å²) < 4.78 is 0. The summed E-state index contributed by atoms with van der Waals surface area (Å²) in [6.07, 6.45) is 7.82. The number of likely N-dealkylation sites (tertiary alicyclic amines) is 1. The number of hydrogen-bond acceptors (Lipinski definition) is 3. The number of piperidine rings is 1. The zero-order valence-corrected chi connectivity index (χ0v) is 10.5. The van der Waals surface area contributed by atoms with Crippen molar-refractivity contribution in [2.45, 2.75) is 69.6 Å². The van der Waals surface area contributed by atoms with Gasteiger partial charge in [-0.25, -0.2) is 0 Å². The average Bonchev–Trinajstić information content (AvgIpc) is 2.23. The predicted octanol–water partition coefficient (Wildman–Crippen LogP) is 1.49. The minimum absolute atomic E-state index is 0.368. The van der Waals surface area contributed by atoms with Crippen LogP contribution in [0, 0.1) is 0 Å². The molecule has 1 saturated carbocycles. The van der Waals surface area contributed by atoms with Gasteiger partial charge in [-0.15, -0.1) is 0 Å². The van der Waals surface area contributed by atoms with Crippen molar-refractivity contribution >= 4 is 0 Å². The molecular weight excluding hydrogens is 200 g/mol. The van der Waals surface area contributed by atoms with E-state index in [9.17, 15) is 5.11 Å². The molecule has 1 heterocycles. The zero-order chi connectivity index (χ0) is 11.6. The summed E-state index contributed by atoms with van der Waals surface area (Å²) >= 11 is 0. The molecule has 0 aromatic rings. The highest BCUT2D eigenvalue weighted by atomic mass is 16.3. The molecule has 94 valence electrons. The first kappa shape index (κ1) is 12.3. The van der Waals surface area contributed by atoms with Gasteiger partial charge in [-0.3, -0.25) is 4.90 Å². The van der Waals surface area contributed by atoms with Gasteiger partial charge in [0.2, 0.25) is 0 Å². The van der Waals surface area contributed by atoms with Crippen LogP contribution in [0.5, 0.6) is 0 Å². The number of rotatable bonds is 2. The van der Waals surface area contributed by atoms with Crippen molar-refractivity contribution < 1.29 is 5.11 Å². The Morgan fingerprint density at radius 1 is 1.31 bits per heavy atom. The van der Waals surface area contributed by atoms with Crippen molar-refractivity contribution in [3.05, 3.63) is 0 Å². The van der Waals surface area contributed by atoms with Crippen LogP contribution < -0.4 is 5.73 Å². The third-order valence-corrected chi connectivity index (χ3v) is 4.34. The van der Waals surface area contributed by atoms with Crippen LogP contribution in [0.2, 0.25) is 0 Å². The van der Waals surface area contributed by atoms with Crippen molar-refractivity contribution in [2.24, 2.45) is 5.73 Å². The van der Waals surface area contributed by atoms with Crippen LogP contribution in [-0.4, -0.2) is 40.8 Å². The fourth-order valence-corrected chi connectivity index (χ4v) is 3.24. The van der Waals surface area contributed by atoms with Gasteiger partial charge >= 0.3 is 0 Å². The van der Waals surface area contributed by atoms with Crippen LogP contribution in [0.25, 0.3) is 0 Å². The van der Waals surface area contributed by atoms with Crippen molar-refractivity contribution in [2.75, 3.05) is 13.1 Å². The number of nitrogens with zero attached hydrogens (tertiary/aromatic N) is 1. The second kappa shape index (κ2) is 5.03. The number of aliphatic hydroxyl groups is 1. The summed E-state index contributed by atoms with van der Waals surface area (Å²) in [6, 6.07) is 0.905. The van der Waals surface area contributed by atoms with Gasteiger partial charge in [-0.1, -0.05) is 19.3 Å². The highest BCUT2D eigenvalue weighted by Crippen LogP contribution is 2.30. The molecule has 1 aliphatic carbocycles. The molecule has 16 heavy (non-hydrogen) atoms. The minimum atomic E-state index is -0.409. The largest absolute Gasteiger partial charge is 0.389 e. The van der Waals surface area contributed by atoms with Crippen LogP contribution >= 0.6 is 0 Å². The lowest BCUT2D eigenvalue weighted by Crippen LogP contribution is -2.52. The van der Waals surface area contributed by atoms with E-state index in [-0.39, 0.29) is 0 Å². The summed E-state index contributed by atoms with van der Waals surface area (Å²) in [4.78, 5) is 2.44. The van der Waals surface area contributed by atoms with Gasteiger partial charge in [0.05, 0.1) is 5.60 Å². The summed E-state index contributed by atoms with van der Waals surface area (Å²) in [5, 5.41) is 10.5. The van der Waals surface area contributed by atoms with Gasteiger partial charge in [0.1, 0.15) is 0 Å². The van der Waals surface area contributed by atoms with Crippen molar-refractivity contribution in [1.29, 1.82) is 0 Å². The van der Waals surface area contributed by atoms with Crippen LogP contribution in [0.3, 0.4) is 0 Å². The average molecular weight is 226 g/mol. The van der Waals surface area contributed by atoms with Gasteiger partial charge in [-0.2, -0.15) is 0 Å². The summed E-state index contributed by atoms with van der Waals surface area (Å²) in [5.41, 5.74) is 5.56. The van der Waals surface area contributed by atoms with Crippen LogP contribution in [-0.2, 0) is 0 Å². The lowest BCUT2D eigenvalue weighted by atomic mass is 9.83. The monoisotopic (exact) mass is 226 g/mol.